The molecule has 5 N–H and O–H groups in total. The molecule has 0 saturated carbocycles. The van der Waals surface area contributed by atoms with Gasteiger partial charge in [-0.15, -0.1) is 0 Å². The molecule has 12 heteroatoms. The van der Waals surface area contributed by atoms with Gasteiger partial charge in [0.2, 0.25) is 20.0 Å². The predicted octanol–water partition coefficient (Wildman–Crippen LogP) is 0.282. The zero-order chi connectivity index (χ0) is 18.1. The third-order valence-electron chi connectivity index (χ3n) is 2.82. The zero-order valence-corrected chi connectivity index (χ0v) is 14.2. The molecular weight excluding hydrogens is 380 g/mol. The van der Waals surface area contributed by atoms with Crippen LogP contribution >= 0.6 is 11.6 Å². The molecule has 0 spiro atoms. The third-order valence-corrected chi connectivity index (χ3v) is 5.15. The smallest absolute Gasteiger partial charge is 0.257 e. The van der Waals surface area contributed by atoms with Gasteiger partial charge in [-0.25, -0.2) is 27.1 Å². The summed E-state index contributed by atoms with van der Waals surface area (Å²) in [7, 11) is -8.66. The maximum Gasteiger partial charge on any atom is 0.257 e. The maximum atomic E-state index is 12.1. The van der Waals surface area contributed by atoms with Crippen molar-refractivity contribution in [3.8, 4) is 0 Å². The van der Waals surface area contributed by atoms with Gasteiger partial charge in [-0.3, -0.25) is 9.78 Å². The fourth-order valence-electron chi connectivity index (χ4n) is 1.78. The van der Waals surface area contributed by atoms with E-state index < -0.39 is 35.7 Å². The second-order valence-electron chi connectivity index (χ2n) is 4.56. The minimum atomic E-state index is -4.37. The van der Waals surface area contributed by atoms with E-state index in [1.165, 1.54) is 24.5 Å². The fourth-order valence-corrected chi connectivity index (χ4v) is 3.65. The number of nitrogens with zero attached hydrogens (tertiary/aromatic N) is 1. The van der Waals surface area contributed by atoms with Gasteiger partial charge in [-0.05, 0) is 24.3 Å². The number of amides is 1. The summed E-state index contributed by atoms with van der Waals surface area (Å²) in [6.07, 6.45) is 2.70. The first kappa shape index (κ1) is 18.3. The van der Waals surface area contributed by atoms with Crippen molar-refractivity contribution < 1.29 is 21.6 Å². The number of halogens is 1. The molecule has 0 atom stereocenters. The summed E-state index contributed by atoms with van der Waals surface area (Å²) < 4.78 is 46.3. The quantitative estimate of drug-likeness (QED) is 0.678. The lowest BCUT2D eigenvalue weighted by Crippen LogP contribution is -2.20. The number of sulfonamides is 2. The molecule has 24 heavy (non-hydrogen) atoms. The van der Waals surface area contributed by atoms with E-state index in [0.29, 0.717) is 6.07 Å². The van der Waals surface area contributed by atoms with Crippen molar-refractivity contribution in [2.24, 2.45) is 10.3 Å². The molecule has 0 unspecified atom stereocenters. The van der Waals surface area contributed by atoms with E-state index in [-0.39, 0.29) is 16.3 Å². The third kappa shape index (κ3) is 4.07. The van der Waals surface area contributed by atoms with Gasteiger partial charge >= 0.3 is 0 Å². The summed E-state index contributed by atoms with van der Waals surface area (Å²) in [6.45, 7) is 0. The highest BCUT2D eigenvalue weighted by Crippen LogP contribution is 2.30. The van der Waals surface area contributed by atoms with Gasteiger partial charge in [0.1, 0.15) is 9.79 Å². The summed E-state index contributed by atoms with van der Waals surface area (Å²) in [5.41, 5.74) is -0.145. The van der Waals surface area contributed by atoms with Crippen LogP contribution in [0, 0.1) is 0 Å². The minimum absolute atomic E-state index is 0.143. The zero-order valence-electron chi connectivity index (χ0n) is 11.8. The van der Waals surface area contributed by atoms with Crippen molar-refractivity contribution in [2.45, 2.75) is 9.79 Å². The van der Waals surface area contributed by atoms with Crippen LogP contribution in [0.5, 0.6) is 0 Å². The van der Waals surface area contributed by atoms with E-state index in [9.17, 15) is 21.6 Å². The lowest BCUT2D eigenvalue weighted by Gasteiger charge is -2.12. The number of hydrogen-bond acceptors (Lipinski definition) is 6. The number of carbonyl (C=O) groups is 1. The van der Waals surface area contributed by atoms with Crippen LogP contribution in [0.25, 0.3) is 0 Å². The Balaban J connectivity index is 2.58. The van der Waals surface area contributed by atoms with Gasteiger partial charge in [-0.1, -0.05) is 11.6 Å². The van der Waals surface area contributed by atoms with Gasteiger partial charge in [0.15, 0.2) is 0 Å². The summed E-state index contributed by atoms with van der Waals surface area (Å²) in [5, 5.41) is 12.0. The molecule has 0 aliphatic rings. The van der Waals surface area contributed by atoms with Gasteiger partial charge in [0.05, 0.1) is 16.3 Å². The Morgan fingerprint density at radius 2 is 1.71 bits per heavy atom. The molecule has 1 aromatic carbocycles. The highest BCUT2D eigenvalue weighted by molar-refractivity contribution is 7.90. The molecule has 1 amide bonds. The Kier molecular flexibility index (Phi) is 4.92. The number of carbonyl (C=O) groups excluding carboxylic acids is 1. The maximum absolute atomic E-state index is 12.1. The average molecular weight is 391 g/mol. The predicted molar refractivity (Wildman–Crippen MR) is 86.4 cm³/mol. The number of anilines is 1. The molecule has 0 saturated heterocycles. The van der Waals surface area contributed by atoms with Crippen molar-refractivity contribution in [2.75, 3.05) is 5.32 Å². The Bertz CT molecular complexity index is 1010. The summed E-state index contributed by atoms with van der Waals surface area (Å²) in [5.74, 6) is -0.688. The number of aromatic nitrogens is 1. The molecule has 128 valence electrons. The van der Waals surface area contributed by atoms with Crippen LogP contribution < -0.4 is 15.6 Å². The summed E-state index contributed by atoms with van der Waals surface area (Å²) in [6, 6.07) is 4.58. The molecule has 0 aliphatic carbocycles. The van der Waals surface area contributed by atoms with E-state index in [0.717, 1.165) is 6.07 Å². The van der Waals surface area contributed by atoms with E-state index in [1.54, 1.807) is 0 Å². The van der Waals surface area contributed by atoms with Gasteiger partial charge < -0.3 is 5.32 Å². The van der Waals surface area contributed by atoms with Crippen molar-refractivity contribution in [3.05, 3.63) is 47.2 Å². The average Bonchev–Trinajstić information content (AvgIpc) is 2.45. The van der Waals surface area contributed by atoms with Crippen molar-refractivity contribution in [1.29, 1.82) is 0 Å². The van der Waals surface area contributed by atoms with E-state index >= 15 is 0 Å². The molecule has 2 rings (SSSR count). The lowest BCUT2D eigenvalue weighted by atomic mass is 10.2. The van der Waals surface area contributed by atoms with Crippen LogP contribution in [0.1, 0.15) is 10.4 Å². The Labute approximate surface area is 142 Å². The van der Waals surface area contributed by atoms with E-state index in [4.69, 9.17) is 21.9 Å². The van der Waals surface area contributed by atoms with Gasteiger partial charge in [0.25, 0.3) is 5.91 Å². The molecule has 0 aliphatic heterocycles. The number of benzene rings is 1. The van der Waals surface area contributed by atoms with Crippen LogP contribution in [-0.4, -0.2) is 27.7 Å². The summed E-state index contributed by atoms with van der Waals surface area (Å²) >= 11 is 5.81. The standard InChI is InChI=1S/C12H11ClN4O5S2/c13-8-4-9(17-12(18)7-2-1-3-16-6-7)11(24(15,21)22)5-10(8)23(14,19)20/h1-6H,(H,17,18)(H2,14,19,20)(H2,15,21,22). The molecule has 0 radical (unpaired) electrons. The monoisotopic (exact) mass is 390 g/mol. The first-order valence-electron chi connectivity index (χ1n) is 6.10. The van der Waals surface area contributed by atoms with Crippen LogP contribution in [0.15, 0.2) is 46.5 Å². The molecule has 1 aromatic heterocycles. The molecule has 1 heterocycles. The van der Waals surface area contributed by atoms with Crippen LogP contribution in [0.3, 0.4) is 0 Å². The highest BCUT2D eigenvalue weighted by atomic mass is 35.5. The Morgan fingerprint density at radius 3 is 2.21 bits per heavy atom. The molecule has 2 aromatic rings. The van der Waals surface area contributed by atoms with Crippen LogP contribution in [0.2, 0.25) is 5.02 Å². The largest absolute Gasteiger partial charge is 0.321 e. The number of pyridine rings is 1. The first-order valence-corrected chi connectivity index (χ1v) is 9.58. The van der Waals surface area contributed by atoms with Crippen molar-refractivity contribution in [3.63, 3.8) is 0 Å². The lowest BCUT2D eigenvalue weighted by molar-refractivity contribution is 0.102. The number of nitrogens with one attached hydrogen (secondary N) is 1. The topological polar surface area (TPSA) is 162 Å². The number of hydrogen-bond donors (Lipinski definition) is 3. The molecule has 0 bridgehead atoms. The highest BCUT2D eigenvalue weighted by Gasteiger charge is 2.23. The van der Waals surface area contributed by atoms with Crippen molar-refractivity contribution in [1.82, 2.24) is 4.98 Å². The van der Waals surface area contributed by atoms with Crippen molar-refractivity contribution >= 4 is 43.2 Å². The Hall–Kier alpha value is -2.05. The van der Waals surface area contributed by atoms with Crippen LogP contribution in [-0.2, 0) is 20.0 Å². The van der Waals surface area contributed by atoms with Gasteiger partial charge in [0, 0.05) is 12.4 Å². The minimum Gasteiger partial charge on any atom is -0.321 e. The molecular formula is C12H11ClN4O5S2. The second kappa shape index (κ2) is 6.45. The normalized spacial score (nSPS) is 12.0. The van der Waals surface area contributed by atoms with Gasteiger partial charge in [-0.2, -0.15) is 0 Å². The van der Waals surface area contributed by atoms with E-state index in [2.05, 4.69) is 10.3 Å². The second-order valence-corrected chi connectivity index (χ2v) is 8.03. The molecule has 9 nitrogen and oxygen atoms in total. The number of rotatable bonds is 4. The SMILES string of the molecule is NS(=O)(=O)c1cc(S(N)(=O)=O)c(NC(=O)c2cccnc2)cc1Cl. The summed E-state index contributed by atoms with van der Waals surface area (Å²) in [4.78, 5) is 14.6. The Morgan fingerprint density at radius 1 is 1.08 bits per heavy atom. The van der Waals surface area contributed by atoms with E-state index in [1.807, 2.05) is 0 Å². The first-order chi connectivity index (χ1) is 11.0. The van der Waals surface area contributed by atoms with Crippen LogP contribution in [0.4, 0.5) is 5.69 Å². The molecule has 0 fully saturated rings. The fraction of sp³-hybridized carbons (Fsp3) is 0. The number of nitrogens with two attached hydrogens (primary N) is 2. The number of primary sulfonamides is 2.